The fraction of sp³-hybridized carbons (Fsp3) is 0.118. The van der Waals surface area contributed by atoms with Gasteiger partial charge in [-0.25, -0.2) is 0 Å². The number of benzene rings is 2. The summed E-state index contributed by atoms with van der Waals surface area (Å²) in [5.41, 5.74) is 2.52. The molecule has 0 N–H and O–H groups in total. The van der Waals surface area contributed by atoms with Crippen molar-refractivity contribution in [3.8, 4) is 0 Å². The van der Waals surface area contributed by atoms with Crippen molar-refractivity contribution in [1.29, 1.82) is 0 Å². The zero-order chi connectivity index (χ0) is 14.1. The van der Waals surface area contributed by atoms with Gasteiger partial charge in [-0.2, -0.15) is 0 Å². The van der Waals surface area contributed by atoms with Gasteiger partial charge in [-0.15, -0.1) is 11.8 Å². The molecule has 0 spiro atoms. The zero-order valence-electron chi connectivity index (χ0n) is 11.3. The summed E-state index contributed by atoms with van der Waals surface area (Å²) in [6, 6.07) is 15.3. The van der Waals surface area contributed by atoms with Crippen molar-refractivity contribution < 1.29 is 9.21 Å². The molecule has 3 aromatic rings. The van der Waals surface area contributed by atoms with Crippen LogP contribution in [0.15, 0.2) is 57.8 Å². The molecule has 0 atom stereocenters. The molecule has 0 amide bonds. The summed E-state index contributed by atoms with van der Waals surface area (Å²) in [5, 5.41) is 0.968. The van der Waals surface area contributed by atoms with E-state index in [-0.39, 0.29) is 5.78 Å². The molecule has 0 saturated heterocycles. The van der Waals surface area contributed by atoms with Crippen LogP contribution in [0.5, 0.6) is 0 Å². The molecule has 0 bridgehead atoms. The maximum absolute atomic E-state index is 12.6. The van der Waals surface area contributed by atoms with Crippen LogP contribution in [0.3, 0.4) is 0 Å². The lowest BCUT2D eigenvalue weighted by Crippen LogP contribution is -2.01. The van der Waals surface area contributed by atoms with Crippen LogP contribution in [0, 0.1) is 6.92 Å². The van der Waals surface area contributed by atoms with Crippen molar-refractivity contribution in [2.75, 3.05) is 6.26 Å². The van der Waals surface area contributed by atoms with E-state index in [1.807, 2.05) is 61.7 Å². The maximum atomic E-state index is 12.6. The number of carbonyl (C=O) groups is 1. The van der Waals surface area contributed by atoms with Gasteiger partial charge in [0.05, 0.1) is 0 Å². The van der Waals surface area contributed by atoms with E-state index in [1.165, 1.54) is 0 Å². The predicted molar refractivity (Wildman–Crippen MR) is 82.6 cm³/mol. The van der Waals surface area contributed by atoms with Gasteiger partial charge in [0.2, 0.25) is 5.78 Å². The smallest absolute Gasteiger partial charge is 0.229 e. The molecule has 0 radical (unpaired) electrons. The molecule has 1 aromatic heterocycles. The van der Waals surface area contributed by atoms with Crippen LogP contribution in [0.2, 0.25) is 0 Å². The molecule has 0 aliphatic rings. The molecular weight excluding hydrogens is 268 g/mol. The van der Waals surface area contributed by atoms with Crippen molar-refractivity contribution in [2.45, 2.75) is 11.8 Å². The van der Waals surface area contributed by atoms with Crippen LogP contribution in [0.25, 0.3) is 11.0 Å². The maximum Gasteiger partial charge on any atom is 0.229 e. The van der Waals surface area contributed by atoms with Gasteiger partial charge < -0.3 is 4.42 Å². The van der Waals surface area contributed by atoms with E-state index in [0.29, 0.717) is 11.3 Å². The molecule has 1 heterocycles. The summed E-state index contributed by atoms with van der Waals surface area (Å²) in [7, 11) is 0. The van der Waals surface area contributed by atoms with Crippen LogP contribution in [0.1, 0.15) is 21.7 Å². The summed E-state index contributed by atoms with van der Waals surface area (Å²) in [6.07, 6.45) is 1.97. The van der Waals surface area contributed by atoms with Crippen molar-refractivity contribution in [1.82, 2.24) is 0 Å². The molecule has 20 heavy (non-hydrogen) atoms. The third-order valence-electron chi connectivity index (χ3n) is 3.32. The van der Waals surface area contributed by atoms with Crippen LogP contribution >= 0.6 is 11.8 Å². The van der Waals surface area contributed by atoms with E-state index in [2.05, 4.69) is 0 Å². The van der Waals surface area contributed by atoms with Gasteiger partial charge in [0.1, 0.15) is 5.58 Å². The monoisotopic (exact) mass is 282 g/mol. The van der Waals surface area contributed by atoms with E-state index in [0.717, 1.165) is 21.4 Å². The van der Waals surface area contributed by atoms with Gasteiger partial charge in [0, 0.05) is 15.8 Å². The molecule has 3 rings (SSSR count). The first-order chi connectivity index (χ1) is 9.70. The summed E-state index contributed by atoms with van der Waals surface area (Å²) in [4.78, 5) is 13.6. The van der Waals surface area contributed by atoms with E-state index in [1.54, 1.807) is 11.8 Å². The first kappa shape index (κ1) is 13.0. The Hall–Kier alpha value is -2.00. The number of thioether (sulfide) groups is 1. The average molecular weight is 282 g/mol. The minimum Gasteiger partial charge on any atom is -0.452 e. The zero-order valence-corrected chi connectivity index (χ0v) is 12.2. The molecule has 0 aliphatic carbocycles. The lowest BCUT2D eigenvalue weighted by molar-refractivity contribution is 0.101. The minimum absolute atomic E-state index is 0.0643. The Kier molecular flexibility index (Phi) is 3.36. The molecule has 2 aromatic carbocycles. The molecule has 0 saturated carbocycles. The first-order valence-corrected chi connectivity index (χ1v) is 7.60. The van der Waals surface area contributed by atoms with Crippen LogP contribution in [-0.2, 0) is 0 Å². The molecule has 100 valence electrons. The number of fused-ring (bicyclic) bond motifs is 1. The number of rotatable bonds is 3. The number of hydrogen-bond acceptors (Lipinski definition) is 3. The predicted octanol–water partition coefficient (Wildman–Crippen LogP) is 4.69. The number of ketones is 1. The Morgan fingerprint density at radius 1 is 1.10 bits per heavy atom. The van der Waals surface area contributed by atoms with E-state index < -0.39 is 0 Å². The molecular formula is C17H14O2S. The van der Waals surface area contributed by atoms with Crippen LogP contribution < -0.4 is 0 Å². The summed E-state index contributed by atoms with van der Waals surface area (Å²) >= 11 is 1.57. The van der Waals surface area contributed by atoms with E-state index in [9.17, 15) is 4.79 Å². The van der Waals surface area contributed by atoms with Gasteiger partial charge >= 0.3 is 0 Å². The highest BCUT2D eigenvalue weighted by Crippen LogP contribution is 2.27. The second kappa shape index (κ2) is 5.17. The summed E-state index contributed by atoms with van der Waals surface area (Å²) in [5.74, 6) is 0.335. The Morgan fingerprint density at radius 2 is 1.90 bits per heavy atom. The number of aryl methyl sites for hydroxylation is 1. The standard InChI is InChI=1S/C17H14O2S/c1-11-6-5-7-12-10-14(19-17(11)12)16(18)13-8-3-4-9-15(13)20-2/h3-10H,1-2H3. The van der Waals surface area contributed by atoms with Gasteiger partial charge in [-0.3, -0.25) is 4.79 Å². The highest BCUT2D eigenvalue weighted by atomic mass is 32.2. The average Bonchev–Trinajstić information content (AvgIpc) is 2.92. The fourth-order valence-corrected chi connectivity index (χ4v) is 2.88. The van der Waals surface area contributed by atoms with Gasteiger partial charge in [0.15, 0.2) is 5.76 Å². The number of carbonyl (C=O) groups excluding carboxylic acids is 1. The Morgan fingerprint density at radius 3 is 2.65 bits per heavy atom. The normalized spacial score (nSPS) is 10.9. The van der Waals surface area contributed by atoms with Gasteiger partial charge in [-0.05, 0) is 36.9 Å². The molecule has 3 heteroatoms. The van der Waals surface area contributed by atoms with Gasteiger partial charge in [-0.1, -0.05) is 30.3 Å². The summed E-state index contributed by atoms with van der Waals surface area (Å²) in [6.45, 7) is 1.98. The highest BCUT2D eigenvalue weighted by molar-refractivity contribution is 7.98. The lowest BCUT2D eigenvalue weighted by atomic mass is 10.1. The second-order valence-corrected chi connectivity index (χ2v) is 5.48. The molecule has 0 unspecified atom stereocenters. The Labute approximate surface area is 121 Å². The SMILES string of the molecule is CSc1ccccc1C(=O)c1cc2cccc(C)c2o1. The summed E-state index contributed by atoms with van der Waals surface area (Å²) < 4.78 is 5.76. The Balaban J connectivity index is 2.11. The number of para-hydroxylation sites is 1. The topological polar surface area (TPSA) is 30.2 Å². The third-order valence-corrected chi connectivity index (χ3v) is 4.11. The van der Waals surface area contributed by atoms with Crippen molar-refractivity contribution >= 4 is 28.5 Å². The number of hydrogen-bond donors (Lipinski definition) is 0. The first-order valence-electron chi connectivity index (χ1n) is 6.37. The van der Waals surface area contributed by atoms with Gasteiger partial charge in [0.25, 0.3) is 0 Å². The largest absolute Gasteiger partial charge is 0.452 e. The molecule has 0 fully saturated rings. The Bertz CT molecular complexity index is 787. The molecule has 0 aliphatic heterocycles. The van der Waals surface area contributed by atoms with Crippen LogP contribution in [0.4, 0.5) is 0 Å². The quantitative estimate of drug-likeness (QED) is 0.515. The van der Waals surface area contributed by atoms with Crippen LogP contribution in [-0.4, -0.2) is 12.0 Å². The van der Waals surface area contributed by atoms with Crippen molar-refractivity contribution in [3.63, 3.8) is 0 Å². The lowest BCUT2D eigenvalue weighted by Gasteiger charge is -2.03. The fourth-order valence-electron chi connectivity index (χ4n) is 2.29. The van der Waals surface area contributed by atoms with Crippen molar-refractivity contribution in [2.24, 2.45) is 0 Å². The number of furan rings is 1. The third kappa shape index (κ3) is 2.14. The van der Waals surface area contributed by atoms with E-state index in [4.69, 9.17) is 4.42 Å². The second-order valence-electron chi connectivity index (χ2n) is 4.63. The highest BCUT2D eigenvalue weighted by Gasteiger charge is 2.17. The minimum atomic E-state index is -0.0643. The van der Waals surface area contributed by atoms with Crippen molar-refractivity contribution in [3.05, 3.63) is 65.4 Å². The molecule has 2 nitrogen and oxygen atoms in total. The van der Waals surface area contributed by atoms with E-state index >= 15 is 0 Å².